The van der Waals surface area contributed by atoms with Gasteiger partial charge in [0.05, 0.1) is 0 Å². The normalized spacial score (nSPS) is 25.9. The Morgan fingerprint density at radius 1 is 1.27 bits per heavy atom. The van der Waals surface area contributed by atoms with Crippen molar-refractivity contribution >= 4 is 0 Å². The molecular formula is C13H19NO. The van der Waals surface area contributed by atoms with Crippen LogP contribution in [0.25, 0.3) is 0 Å². The third-order valence-electron chi connectivity index (χ3n) is 3.35. The standard InChI is InChI=1S/C13H19NO/c1-13(15,11-7-3-2-4-8-11)12-9-5-6-10-14-12/h2-4,7-8,12,14-15H,5-6,9-10H2,1H3/t12-,13+/m0/s1. The average molecular weight is 205 g/mol. The number of piperidine rings is 1. The lowest BCUT2D eigenvalue weighted by Gasteiger charge is -2.36. The molecule has 82 valence electrons. The van der Waals surface area contributed by atoms with Gasteiger partial charge in [0.1, 0.15) is 5.60 Å². The van der Waals surface area contributed by atoms with E-state index in [2.05, 4.69) is 5.32 Å². The van der Waals surface area contributed by atoms with Crippen molar-refractivity contribution in [3.05, 3.63) is 35.9 Å². The van der Waals surface area contributed by atoms with Gasteiger partial charge >= 0.3 is 0 Å². The van der Waals surface area contributed by atoms with Crippen molar-refractivity contribution in [2.45, 2.75) is 37.8 Å². The van der Waals surface area contributed by atoms with Gasteiger partial charge in [0.15, 0.2) is 0 Å². The summed E-state index contributed by atoms with van der Waals surface area (Å²) >= 11 is 0. The molecule has 2 nitrogen and oxygen atoms in total. The number of nitrogens with one attached hydrogen (secondary N) is 1. The molecule has 2 N–H and O–H groups in total. The summed E-state index contributed by atoms with van der Waals surface area (Å²) in [7, 11) is 0. The molecule has 1 heterocycles. The second-order valence-electron chi connectivity index (χ2n) is 4.52. The lowest BCUT2D eigenvalue weighted by molar-refractivity contribution is 0.00568. The van der Waals surface area contributed by atoms with Crippen LogP contribution in [0.1, 0.15) is 31.7 Å². The molecule has 0 spiro atoms. The van der Waals surface area contributed by atoms with Gasteiger partial charge in [-0.1, -0.05) is 36.8 Å². The maximum atomic E-state index is 10.5. The Labute approximate surface area is 91.3 Å². The number of hydrogen-bond acceptors (Lipinski definition) is 2. The van der Waals surface area contributed by atoms with Crippen LogP contribution < -0.4 is 5.32 Å². The molecule has 0 aliphatic carbocycles. The highest BCUT2D eigenvalue weighted by Gasteiger charge is 2.33. The molecule has 0 amide bonds. The zero-order chi connectivity index (χ0) is 10.7. The summed E-state index contributed by atoms with van der Waals surface area (Å²) in [5.41, 5.74) is 0.256. The molecule has 1 aromatic carbocycles. The van der Waals surface area contributed by atoms with E-state index in [1.807, 2.05) is 37.3 Å². The van der Waals surface area contributed by atoms with Crippen LogP contribution in [-0.2, 0) is 5.60 Å². The molecule has 1 fully saturated rings. The summed E-state index contributed by atoms with van der Waals surface area (Å²) in [5.74, 6) is 0. The van der Waals surface area contributed by atoms with Crippen LogP contribution >= 0.6 is 0 Å². The molecule has 0 radical (unpaired) electrons. The maximum Gasteiger partial charge on any atom is 0.102 e. The summed E-state index contributed by atoms with van der Waals surface area (Å²) < 4.78 is 0. The fraction of sp³-hybridized carbons (Fsp3) is 0.538. The fourth-order valence-corrected chi connectivity index (χ4v) is 2.31. The number of rotatable bonds is 2. The fourth-order valence-electron chi connectivity index (χ4n) is 2.31. The molecule has 1 saturated heterocycles. The molecule has 2 atom stereocenters. The average Bonchev–Trinajstić information content (AvgIpc) is 2.31. The van der Waals surface area contributed by atoms with Crippen LogP contribution in [0.4, 0.5) is 0 Å². The monoisotopic (exact) mass is 205 g/mol. The minimum absolute atomic E-state index is 0.189. The summed E-state index contributed by atoms with van der Waals surface area (Å²) in [6.07, 6.45) is 3.49. The van der Waals surface area contributed by atoms with Crippen LogP contribution in [-0.4, -0.2) is 17.7 Å². The van der Waals surface area contributed by atoms with E-state index in [-0.39, 0.29) is 6.04 Å². The van der Waals surface area contributed by atoms with E-state index < -0.39 is 5.60 Å². The van der Waals surface area contributed by atoms with Crippen molar-refractivity contribution in [2.24, 2.45) is 0 Å². The maximum absolute atomic E-state index is 10.5. The minimum atomic E-state index is -0.748. The first-order valence-electron chi connectivity index (χ1n) is 5.72. The Morgan fingerprint density at radius 3 is 2.60 bits per heavy atom. The largest absolute Gasteiger partial charge is 0.384 e. The summed E-state index contributed by atoms with van der Waals surface area (Å²) in [4.78, 5) is 0. The predicted octanol–water partition coefficient (Wildman–Crippen LogP) is 2.04. The van der Waals surface area contributed by atoms with Crippen molar-refractivity contribution in [2.75, 3.05) is 6.54 Å². The second kappa shape index (κ2) is 4.33. The van der Waals surface area contributed by atoms with E-state index in [1.54, 1.807) is 0 Å². The quantitative estimate of drug-likeness (QED) is 0.774. The third kappa shape index (κ3) is 2.21. The van der Waals surface area contributed by atoms with Crippen LogP contribution in [0.5, 0.6) is 0 Å². The number of aliphatic hydroxyl groups is 1. The van der Waals surface area contributed by atoms with E-state index in [4.69, 9.17) is 0 Å². The van der Waals surface area contributed by atoms with Gasteiger partial charge in [0.2, 0.25) is 0 Å². The minimum Gasteiger partial charge on any atom is -0.384 e. The third-order valence-corrected chi connectivity index (χ3v) is 3.35. The highest BCUT2D eigenvalue weighted by Crippen LogP contribution is 2.28. The Kier molecular flexibility index (Phi) is 3.08. The lowest BCUT2D eigenvalue weighted by atomic mass is 9.84. The molecule has 1 aromatic rings. The zero-order valence-corrected chi connectivity index (χ0v) is 9.24. The highest BCUT2D eigenvalue weighted by atomic mass is 16.3. The van der Waals surface area contributed by atoms with Crippen molar-refractivity contribution < 1.29 is 5.11 Å². The van der Waals surface area contributed by atoms with Crippen LogP contribution in [0, 0.1) is 0 Å². The topological polar surface area (TPSA) is 32.3 Å². The van der Waals surface area contributed by atoms with Gasteiger partial charge < -0.3 is 10.4 Å². The number of benzene rings is 1. The van der Waals surface area contributed by atoms with E-state index in [0.29, 0.717) is 0 Å². The van der Waals surface area contributed by atoms with Crippen molar-refractivity contribution in [3.63, 3.8) is 0 Å². The Bertz CT molecular complexity index is 302. The Balaban J connectivity index is 2.18. The molecule has 0 saturated carbocycles. The molecule has 0 aromatic heterocycles. The van der Waals surface area contributed by atoms with E-state index in [9.17, 15) is 5.11 Å². The van der Waals surface area contributed by atoms with Gasteiger partial charge in [-0.15, -0.1) is 0 Å². The zero-order valence-electron chi connectivity index (χ0n) is 9.24. The van der Waals surface area contributed by atoms with Crippen LogP contribution in [0.3, 0.4) is 0 Å². The van der Waals surface area contributed by atoms with Gasteiger partial charge in [-0.05, 0) is 31.9 Å². The molecule has 15 heavy (non-hydrogen) atoms. The number of hydrogen-bond donors (Lipinski definition) is 2. The van der Waals surface area contributed by atoms with Gasteiger partial charge in [0, 0.05) is 6.04 Å². The van der Waals surface area contributed by atoms with E-state index in [1.165, 1.54) is 12.8 Å². The SMILES string of the molecule is C[C@@](O)(c1ccccc1)[C@@H]1CCCCN1. The first-order chi connectivity index (χ1) is 7.21. The molecule has 2 heteroatoms. The van der Waals surface area contributed by atoms with Crippen LogP contribution in [0.15, 0.2) is 30.3 Å². The second-order valence-corrected chi connectivity index (χ2v) is 4.52. The Hall–Kier alpha value is -0.860. The van der Waals surface area contributed by atoms with Gasteiger partial charge in [0.25, 0.3) is 0 Å². The predicted molar refractivity (Wildman–Crippen MR) is 61.7 cm³/mol. The van der Waals surface area contributed by atoms with Crippen molar-refractivity contribution in [3.8, 4) is 0 Å². The molecule has 2 rings (SSSR count). The lowest BCUT2D eigenvalue weighted by Crippen LogP contribution is -2.49. The van der Waals surface area contributed by atoms with Crippen LogP contribution in [0.2, 0.25) is 0 Å². The molecular weight excluding hydrogens is 186 g/mol. The summed E-state index contributed by atoms with van der Waals surface area (Å²) in [6, 6.07) is 10.1. The van der Waals surface area contributed by atoms with Gasteiger partial charge in [-0.2, -0.15) is 0 Å². The van der Waals surface area contributed by atoms with Crippen molar-refractivity contribution in [1.29, 1.82) is 0 Å². The van der Waals surface area contributed by atoms with E-state index in [0.717, 1.165) is 18.5 Å². The highest BCUT2D eigenvalue weighted by molar-refractivity contribution is 5.23. The molecule has 0 unspecified atom stereocenters. The molecule has 1 aliphatic rings. The Morgan fingerprint density at radius 2 is 2.00 bits per heavy atom. The molecule has 0 bridgehead atoms. The van der Waals surface area contributed by atoms with Gasteiger partial charge in [-0.25, -0.2) is 0 Å². The molecule has 1 aliphatic heterocycles. The smallest absolute Gasteiger partial charge is 0.102 e. The first kappa shape index (κ1) is 10.7. The summed E-state index contributed by atoms with van der Waals surface area (Å²) in [6.45, 7) is 2.93. The van der Waals surface area contributed by atoms with E-state index >= 15 is 0 Å². The van der Waals surface area contributed by atoms with Gasteiger partial charge in [-0.3, -0.25) is 0 Å². The van der Waals surface area contributed by atoms with Crippen molar-refractivity contribution in [1.82, 2.24) is 5.32 Å². The summed E-state index contributed by atoms with van der Waals surface area (Å²) in [5, 5.41) is 14.0. The first-order valence-corrected chi connectivity index (χ1v) is 5.72.